The lowest BCUT2D eigenvalue weighted by molar-refractivity contribution is 0.708. The lowest BCUT2D eigenvalue weighted by Crippen LogP contribution is -1.88. The highest BCUT2D eigenvalue weighted by molar-refractivity contribution is 5.17. The molecule has 112 valence electrons. The van der Waals surface area contributed by atoms with Crippen molar-refractivity contribution in [2.24, 2.45) is 0 Å². The SMILES string of the molecule is CCCCCc1ccc(C/C=C(\C)CCC=C(C)C)[nH]1. The van der Waals surface area contributed by atoms with Gasteiger partial charge < -0.3 is 4.98 Å². The second-order valence-corrected chi connectivity index (χ2v) is 6.04. The number of aryl methyl sites for hydroxylation is 1. The lowest BCUT2D eigenvalue weighted by atomic mass is 10.1. The lowest BCUT2D eigenvalue weighted by Gasteiger charge is -2.00. The second kappa shape index (κ2) is 9.63. The zero-order chi connectivity index (χ0) is 14.8. The van der Waals surface area contributed by atoms with Crippen LogP contribution in [0.1, 0.15) is 71.2 Å². The first-order valence-corrected chi connectivity index (χ1v) is 8.07. The van der Waals surface area contributed by atoms with Gasteiger partial charge in [-0.15, -0.1) is 0 Å². The van der Waals surface area contributed by atoms with Crippen LogP contribution in [0.5, 0.6) is 0 Å². The summed E-state index contributed by atoms with van der Waals surface area (Å²) < 4.78 is 0. The molecule has 0 amide bonds. The third-order valence-corrected chi connectivity index (χ3v) is 3.62. The fraction of sp³-hybridized carbons (Fsp3) is 0.579. The molecule has 0 saturated heterocycles. The van der Waals surface area contributed by atoms with Gasteiger partial charge in [0.2, 0.25) is 0 Å². The van der Waals surface area contributed by atoms with Crippen molar-refractivity contribution < 1.29 is 0 Å². The van der Waals surface area contributed by atoms with Crippen molar-refractivity contribution in [2.45, 2.75) is 72.6 Å². The minimum Gasteiger partial charge on any atom is -0.362 e. The van der Waals surface area contributed by atoms with Gasteiger partial charge in [-0.3, -0.25) is 0 Å². The van der Waals surface area contributed by atoms with Gasteiger partial charge in [-0.05, 0) is 58.6 Å². The van der Waals surface area contributed by atoms with E-state index in [4.69, 9.17) is 0 Å². The van der Waals surface area contributed by atoms with Crippen molar-refractivity contribution in [2.75, 3.05) is 0 Å². The van der Waals surface area contributed by atoms with Crippen LogP contribution in [0.4, 0.5) is 0 Å². The summed E-state index contributed by atoms with van der Waals surface area (Å²) in [6.45, 7) is 8.82. The Bertz CT molecular complexity index is 430. The van der Waals surface area contributed by atoms with E-state index in [1.807, 2.05) is 0 Å². The van der Waals surface area contributed by atoms with E-state index in [9.17, 15) is 0 Å². The molecule has 1 heterocycles. The Morgan fingerprint density at radius 2 is 1.80 bits per heavy atom. The maximum absolute atomic E-state index is 3.55. The number of rotatable bonds is 9. The molecule has 0 aromatic carbocycles. The van der Waals surface area contributed by atoms with E-state index in [0.29, 0.717) is 0 Å². The largest absolute Gasteiger partial charge is 0.362 e. The summed E-state index contributed by atoms with van der Waals surface area (Å²) in [4.78, 5) is 3.55. The molecule has 0 fully saturated rings. The quantitative estimate of drug-likeness (QED) is 0.420. The molecule has 0 aliphatic carbocycles. The number of aromatic amines is 1. The summed E-state index contributed by atoms with van der Waals surface area (Å²) in [6, 6.07) is 4.48. The number of hydrogen-bond donors (Lipinski definition) is 1. The van der Waals surface area contributed by atoms with Crippen LogP contribution in [0.3, 0.4) is 0 Å². The van der Waals surface area contributed by atoms with Crippen molar-refractivity contribution >= 4 is 0 Å². The van der Waals surface area contributed by atoms with Crippen molar-refractivity contribution in [3.63, 3.8) is 0 Å². The van der Waals surface area contributed by atoms with Gasteiger partial charge in [0.15, 0.2) is 0 Å². The maximum atomic E-state index is 3.55. The summed E-state index contributed by atoms with van der Waals surface area (Å²) in [5.74, 6) is 0. The van der Waals surface area contributed by atoms with Crippen LogP contribution in [0, 0.1) is 0 Å². The highest BCUT2D eigenvalue weighted by atomic mass is 14.7. The Kier molecular flexibility index (Phi) is 8.10. The predicted molar refractivity (Wildman–Crippen MR) is 90.1 cm³/mol. The Hall–Kier alpha value is -1.24. The van der Waals surface area contributed by atoms with E-state index in [0.717, 1.165) is 12.8 Å². The Morgan fingerprint density at radius 3 is 2.50 bits per heavy atom. The minimum absolute atomic E-state index is 1.04. The third-order valence-electron chi connectivity index (χ3n) is 3.62. The number of hydrogen-bond acceptors (Lipinski definition) is 0. The van der Waals surface area contributed by atoms with Crippen LogP contribution in [0.2, 0.25) is 0 Å². The third kappa shape index (κ3) is 7.37. The molecule has 0 unspecified atom stereocenters. The number of H-pyrrole nitrogens is 1. The summed E-state index contributed by atoms with van der Waals surface area (Å²) in [7, 11) is 0. The van der Waals surface area contributed by atoms with Crippen LogP contribution >= 0.6 is 0 Å². The van der Waals surface area contributed by atoms with E-state index in [1.54, 1.807) is 0 Å². The molecule has 1 aromatic heterocycles. The van der Waals surface area contributed by atoms with Crippen molar-refractivity contribution in [3.05, 3.63) is 46.8 Å². The van der Waals surface area contributed by atoms with Gasteiger partial charge in [-0.25, -0.2) is 0 Å². The summed E-state index contributed by atoms with van der Waals surface area (Å²) in [5, 5.41) is 0. The molecule has 1 nitrogen and oxygen atoms in total. The zero-order valence-corrected chi connectivity index (χ0v) is 13.8. The maximum Gasteiger partial charge on any atom is 0.0187 e. The van der Waals surface area contributed by atoms with Gasteiger partial charge in [0.05, 0.1) is 0 Å². The van der Waals surface area contributed by atoms with Gasteiger partial charge in [0.25, 0.3) is 0 Å². The van der Waals surface area contributed by atoms with Crippen molar-refractivity contribution in [1.82, 2.24) is 4.98 Å². The van der Waals surface area contributed by atoms with Gasteiger partial charge >= 0.3 is 0 Å². The number of allylic oxidation sites excluding steroid dienone is 4. The minimum atomic E-state index is 1.04. The first-order valence-electron chi connectivity index (χ1n) is 8.07. The summed E-state index contributed by atoms with van der Waals surface area (Å²) in [6.07, 6.45) is 13.2. The highest BCUT2D eigenvalue weighted by Crippen LogP contribution is 2.11. The molecule has 0 bridgehead atoms. The predicted octanol–water partition coefficient (Wildman–Crippen LogP) is 5.98. The molecule has 1 heteroatoms. The first kappa shape index (κ1) is 16.8. The Balaban J connectivity index is 2.35. The molecule has 20 heavy (non-hydrogen) atoms. The van der Waals surface area contributed by atoms with E-state index in [-0.39, 0.29) is 0 Å². The molecule has 0 radical (unpaired) electrons. The summed E-state index contributed by atoms with van der Waals surface area (Å²) >= 11 is 0. The van der Waals surface area contributed by atoms with Crippen LogP contribution in [-0.4, -0.2) is 4.98 Å². The average Bonchev–Trinajstić information content (AvgIpc) is 2.84. The fourth-order valence-electron chi connectivity index (χ4n) is 2.30. The van der Waals surface area contributed by atoms with E-state index in [1.165, 1.54) is 54.6 Å². The van der Waals surface area contributed by atoms with E-state index in [2.05, 4.69) is 57.0 Å². The van der Waals surface area contributed by atoms with E-state index >= 15 is 0 Å². The van der Waals surface area contributed by atoms with Crippen LogP contribution in [-0.2, 0) is 12.8 Å². The molecule has 0 aliphatic heterocycles. The second-order valence-electron chi connectivity index (χ2n) is 6.04. The number of nitrogens with one attached hydrogen (secondary N) is 1. The van der Waals surface area contributed by atoms with Gasteiger partial charge in [0.1, 0.15) is 0 Å². The van der Waals surface area contributed by atoms with Crippen LogP contribution in [0.15, 0.2) is 35.4 Å². The molecule has 0 spiro atoms. The highest BCUT2D eigenvalue weighted by Gasteiger charge is 1.98. The number of unbranched alkanes of at least 4 members (excludes halogenated alkanes) is 2. The Labute approximate surface area is 125 Å². The monoisotopic (exact) mass is 273 g/mol. The average molecular weight is 273 g/mol. The van der Waals surface area contributed by atoms with Crippen molar-refractivity contribution in [1.29, 1.82) is 0 Å². The smallest absolute Gasteiger partial charge is 0.0187 e. The van der Waals surface area contributed by atoms with Crippen LogP contribution in [0.25, 0.3) is 0 Å². The fourth-order valence-corrected chi connectivity index (χ4v) is 2.30. The van der Waals surface area contributed by atoms with Gasteiger partial charge in [-0.1, -0.05) is 43.1 Å². The molecular formula is C19H31N. The molecule has 0 saturated carbocycles. The molecule has 1 rings (SSSR count). The van der Waals surface area contributed by atoms with Crippen LogP contribution < -0.4 is 0 Å². The van der Waals surface area contributed by atoms with Gasteiger partial charge in [0, 0.05) is 17.8 Å². The molecule has 0 atom stereocenters. The molecule has 1 N–H and O–H groups in total. The zero-order valence-electron chi connectivity index (χ0n) is 13.8. The normalized spacial score (nSPS) is 11.7. The van der Waals surface area contributed by atoms with E-state index < -0.39 is 0 Å². The molecular weight excluding hydrogens is 242 g/mol. The number of aromatic nitrogens is 1. The molecule has 0 aliphatic rings. The Morgan fingerprint density at radius 1 is 1.05 bits per heavy atom. The summed E-state index contributed by atoms with van der Waals surface area (Å²) in [5.41, 5.74) is 5.64. The first-order chi connectivity index (χ1) is 9.61. The topological polar surface area (TPSA) is 15.8 Å². The molecule has 1 aromatic rings. The standard InChI is InChI=1S/C19H31N/c1-5-6-7-11-18-14-15-19(20-18)13-12-17(4)10-8-9-16(2)3/h9,12,14-15,20H,5-8,10-11,13H2,1-4H3/b17-12+. The van der Waals surface area contributed by atoms with Gasteiger partial charge in [-0.2, -0.15) is 0 Å². The van der Waals surface area contributed by atoms with Crippen molar-refractivity contribution in [3.8, 4) is 0 Å².